The lowest BCUT2D eigenvalue weighted by Crippen LogP contribution is -2.31. The lowest BCUT2D eigenvalue weighted by atomic mass is 9.98. The van der Waals surface area contributed by atoms with Crippen LogP contribution in [0.4, 0.5) is 11.4 Å². The van der Waals surface area contributed by atoms with E-state index in [-0.39, 0.29) is 0 Å². The van der Waals surface area contributed by atoms with Gasteiger partial charge >= 0.3 is 0 Å². The average molecular weight is 404 g/mol. The van der Waals surface area contributed by atoms with Gasteiger partial charge in [0.25, 0.3) is 0 Å². The van der Waals surface area contributed by atoms with Crippen molar-refractivity contribution in [2.45, 2.75) is 83.3 Å². The highest BCUT2D eigenvalue weighted by molar-refractivity contribution is 8.01. The van der Waals surface area contributed by atoms with E-state index in [1.165, 1.54) is 95.2 Å². The van der Waals surface area contributed by atoms with E-state index in [1.54, 1.807) is 5.56 Å². The number of aryl methyl sites for hydroxylation is 1. The van der Waals surface area contributed by atoms with Crippen molar-refractivity contribution in [3.63, 3.8) is 0 Å². The van der Waals surface area contributed by atoms with Crippen LogP contribution in [0.3, 0.4) is 0 Å². The van der Waals surface area contributed by atoms with Crippen LogP contribution in [0.5, 0.6) is 0 Å². The van der Waals surface area contributed by atoms with Crippen LogP contribution in [-0.4, -0.2) is 31.4 Å². The SMILES string of the molecule is CCC.c1cc2c(cc1NCC1CCNCC1)CCCN2SC1CCCCC1. The summed E-state index contributed by atoms with van der Waals surface area (Å²) >= 11 is 2.13. The first kappa shape index (κ1) is 21.8. The molecule has 3 aliphatic rings. The second-order valence-corrected chi connectivity index (χ2v) is 10.0. The van der Waals surface area contributed by atoms with Crippen molar-refractivity contribution in [2.24, 2.45) is 5.92 Å². The molecule has 3 nitrogen and oxygen atoms in total. The first-order valence-corrected chi connectivity index (χ1v) is 12.7. The summed E-state index contributed by atoms with van der Waals surface area (Å²) in [6.45, 7) is 8.96. The molecule has 158 valence electrons. The summed E-state index contributed by atoms with van der Waals surface area (Å²) in [5, 5.41) is 8.01. The highest BCUT2D eigenvalue weighted by atomic mass is 32.2. The Morgan fingerprint density at radius 1 is 1.04 bits per heavy atom. The largest absolute Gasteiger partial charge is 0.385 e. The molecule has 1 aromatic rings. The molecule has 4 rings (SSSR count). The minimum Gasteiger partial charge on any atom is -0.385 e. The Bertz CT molecular complexity index is 565. The van der Waals surface area contributed by atoms with Gasteiger partial charge in [0.15, 0.2) is 0 Å². The van der Waals surface area contributed by atoms with Gasteiger partial charge < -0.3 is 14.9 Å². The van der Waals surface area contributed by atoms with Crippen LogP contribution in [0.2, 0.25) is 0 Å². The smallest absolute Gasteiger partial charge is 0.0503 e. The van der Waals surface area contributed by atoms with Gasteiger partial charge in [-0.15, -0.1) is 0 Å². The molecule has 1 aromatic carbocycles. The van der Waals surface area contributed by atoms with Gasteiger partial charge in [0.1, 0.15) is 0 Å². The molecule has 0 aromatic heterocycles. The van der Waals surface area contributed by atoms with Gasteiger partial charge in [0.05, 0.1) is 5.69 Å². The number of fused-ring (bicyclic) bond motifs is 1. The van der Waals surface area contributed by atoms with E-state index in [2.05, 4.69) is 58.9 Å². The second kappa shape index (κ2) is 12.0. The molecule has 2 N–H and O–H groups in total. The third-order valence-corrected chi connectivity index (χ3v) is 7.44. The zero-order valence-corrected chi connectivity index (χ0v) is 19.0. The molecule has 1 saturated heterocycles. The maximum atomic E-state index is 3.71. The molecule has 0 spiro atoms. The second-order valence-electron chi connectivity index (χ2n) is 8.70. The van der Waals surface area contributed by atoms with Crippen LogP contribution in [0, 0.1) is 5.92 Å². The number of hydrogen-bond donors (Lipinski definition) is 2. The van der Waals surface area contributed by atoms with E-state index >= 15 is 0 Å². The van der Waals surface area contributed by atoms with E-state index in [9.17, 15) is 0 Å². The van der Waals surface area contributed by atoms with Crippen molar-refractivity contribution in [3.05, 3.63) is 23.8 Å². The summed E-state index contributed by atoms with van der Waals surface area (Å²) in [6, 6.07) is 7.10. The average Bonchev–Trinajstić information content (AvgIpc) is 2.74. The van der Waals surface area contributed by atoms with Crippen molar-refractivity contribution in [2.75, 3.05) is 35.8 Å². The summed E-state index contributed by atoms with van der Waals surface area (Å²) < 4.78 is 2.60. The zero-order chi connectivity index (χ0) is 19.6. The van der Waals surface area contributed by atoms with Gasteiger partial charge in [0.2, 0.25) is 0 Å². The fourth-order valence-electron chi connectivity index (χ4n) is 4.48. The summed E-state index contributed by atoms with van der Waals surface area (Å²) in [5.41, 5.74) is 4.35. The quantitative estimate of drug-likeness (QED) is 0.568. The molecule has 0 atom stereocenters. The zero-order valence-electron chi connectivity index (χ0n) is 18.1. The van der Waals surface area contributed by atoms with Crippen molar-refractivity contribution < 1.29 is 0 Å². The number of nitrogens with zero attached hydrogens (tertiary/aromatic N) is 1. The van der Waals surface area contributed by atoms with Gasteiger partial charge in [-0.05, 0) is 93.2 Å². The van der Waals surface area contributed by atoms with E-state index in [0.29, 0.717) is 0 Å². The van der Waals surface area contributed by atoms with Crippen LogP contribution >= 0.6 is 11.9 Å². The highest BCUT2D eigenvalue weighted by Crippen LogP contribution is 2.38. The fraction of sp³-hybridized carbons (Fsp3) is 0.750. The molecule has 0 unspecified atom stereocenters. The Hall–Kier alpha value is -0.870. The number of nitrogens with one attached hydrogen (secondary N) is 2. The maximum Gasteiger partial charge on any atom is 0.0503 e. The molecule has 28 heavy (non-hydrogen) atoms. The molecule has 2 fully saturated rings. The molecule has 0 amide bonds. The van der Waals surface area contributed by atoms with Crippen molar-refractivity contribution in [1.82, 2.24) is 5.32 Å². The molecular weight excluding hydrogens is 362 g/mol. The Morgan fingerprint density at radius 3 is 2.54 bits per heavy atom. The van der Waals surface area contributed by atoms with Gasteiger partial charge in [-0.2, -0.15) is 0 Å². The number of piperidine rings is 1. The molecule has 0 bridgehead atoms. The van der Waals surface area contributed by atoms with E-state index in [4.69, 9.17) is 0 Å². The van der Waals surface area contributed by atoms with Crippen LogP contribution in [-0.2, 0) is 6.42 Å². The topological polar surface area (TPSA) is 27.3 Å². The van der Waals surface area contributed by atoms with Crippen LogP contribution in [0.15, 0.2) is 18.2 Å². The Balaban J connectivity index is 0.000000706. The highest BCUT2D eigenvalue weighted by Gasteiger charge is 2.23. The summed E-state index contributed by atoms with van der Waals surface area (Å²) in [4.78, 5) is 0. The lowest BCUT2D eigenvalue weighted by molar-refractivity contribution is 0.390. The fourth-order valence-corrected chi connectivity index (χ4v) is 5.91. The monoisotopic (exact) mass is 403 g/mol. The Labute approximate surface area is 177 Å². The van der Waals surface area contributed by atoms with Crippen LogP contribution < -0.4 is 14.9 Å². The van der Waals surface area contributed by atoms with Crippen LogP contribution in [0.25, 0.3) is 0 Å². The Kier molecular flexibility index (Phi) is 9.33. The summed E-state index contributed by atoms with van der Waals surface area (Å²) in [6.07, 6.45) is 13.5. The standard InChI is InChI=1S/C21H33N3S.C3H8/c1-2-6-20(7-3-1)25-24-14-4-5-18-15-19(8-9-21(18)24)23-16-17-10-12-22-13-11-17;1-3-2/h8-9,15,17,20,22-23H,1-7,10-14,16H2;3H2,1-2H3. The molecule has 1 aliphatic carbocycles. The first-order chi connectivity index (χ1) is 13.8. The number of rotatable bonds is 5. The normalized spacial score (nSPS) is 20.9. The van der Waals surface area contributed by atoms with Gasteiger partial charge in [-0.25, -0.2) is 0 Å². The summed E-state index contributed by atoms with van der Waals surface area (Å²) in [5.74, 6) is 0.829. The molecular formula is C24H41N3S. The lowest BCUT2D eigenvalue weighted by Gasteiger charge is -2.34. The first-order valence-electron chi connectivity index (χ1n) is 11.8. The molecule has 0 radical (unpaired) electrons. The predicted octanol–water partition coefficient (Wildman–Crippen LogP) is 6.25. The molecule has 2 heterocycles. The number of benzene rings is 1. The third-order valence-electron chi connectivity index (χ3n) is 6.04. The number of anilines is 2. The van der Waals surface area contributed by atoms with Crippen molar-refractivity contribution in [3.8, 4) is 0 Å². The van der Waals surface area contributed by atoms with E-state index in [1.807, 2.05) is 0 Å². The van der Waals surface area contributed by atoms with E-state index in [0.717, 1.165) is 17.7 Å². The predicted molar refractivity (Wildman–Crippen MR) is 127 cm³/mol. The van der Waals surface area contributed by atoms with Gasteiger partial charge in [-0.3, -0.25) is 0 Å². The maximum absolute atomic E-state index is 3.71. The minimum absolute atomic E-state index is 0.829. The minimum atomic E-state index is 0.829. The van der Waals surface area contributed by atoms with Crippen molar-refractivity contribution >= 4 is 23.3 Å². The molecule has 2 aliphatic heterocycles. The van der Waals surface area contributed by atoms with Crippen molar-refractivity contribution in [1.29, 1.82) is 0 Å². The molecule has 4 heteroatoms. The number of hydrogen-bond acceptors (Lipinski definition) is 4. The van der Waals surface area contributed by atoms with E-state index < -0.39 is 0 Å². The van der Waals surface area contributed by atoms with Crippen LogP contribution in [0.1, 0.15) is 77.2 Å². The van der Waals surface area contributed by atoms with Gasteiger partial charge in [-0.1, -0.05) is 39.5 Å². The summed E-state index contributed by atoms with van der Waals surface area (Å²) in [7, 11) is 0. The van der Waals surface area contributed by atoms with Gasteiger partial charge in [0, 0.05) is 24.0 Å². The third kappa shape index (κ3) is 6.59. The Morgan fingerprint density at radius 2 is 1.79 bits per heavy atom. The molecule has 1 saturated carbocycles.